The first kappa shape index (κ1) is 14.0. The number of likely N-dealkylation sites (tertiary alicyclic amines) is 2. The van der Waals surface area contributed by atoms with Crippen LogP contribution < -0.4 is 0 Å². The number of carbonyl (C=O) groups is 1. The van der Waals surface area contributed by atoms with Crippen LogP contribution in [0.4, 0.5) is 0 Å². The van der Waals surface area contributed by atoms with E-state index in [1.807, 2.05) is 6.20 Å². The van der Waals surface area contributed by atoms with E-state index in [4.69, 9.17) is 0 Å². The van der Waals surface area contributed by atoms with E-state index in [9.17, 15) is 4.79 Å². The molecule has 1 aromatic heterocycles. The first-order valence-corrected chi connectivity index (χ1v) is 8.39. The zero-order valence-electron chi connectivity index (χ0n) is 12.3. The Morgan fingerprint density at radius 2 is 2.10 bits per heavy atom. The summed E-state index contributed by atoms with van der Waals surface area (Å²) in [7, 11) is 0. The molecule has 5 heteroatoms. The second kappa shape index (κ2) is 5.82. The fourth-order valence-electron chi connectivity index (χ4n) is 3.75. The largest absolute Gasteiger partial charge is 0.338 e. The van der Waals surface area contributed by atoms with Crippen molar-refractivity contribution < 1.29 is 4.79 Å². The summed E-state index contributed by atoms with van der Waals surface area (Å²) in [6.45, 7) is 6.88. The van der Waals surface area contributed by atoms with Gasteiger partial charge in [0.15, 0.2) is 0 Å². The van der Waals surface area contributed by atoms with Crippen molar-refractivity contribution >= 4 is 17.2 Å². The Morgan fingerprint density at radius 3 is 2.80 bits per heavy atom. The minimum atomic E-state index is 0.244. The highest BCUT2D eigenvalue weighted by Crippen LogP contribution is 2.31. The van der Waals surface area contributed by atoms with Gasteiger partial charge in [-0.1, -0.05) is 0 Å². The Morgan fingerprint density at radius 1 is 1.35 bits per heavy atom. The molecule has 1 amide bonds. The molecule has 3 heterocycles. The van der Waals surface area contributed by atoms with Gasteiger partial charge in [0.05, 0.1) is 5.01 Å². The highest BCUT2D eigenvalue weighted by atomic mass is 32.1. The molecule has 0 saturated carbocycles. The van der Waals surface area contributed by atoms with Gasteiger partial charge in [-0.15, -0.1) is 11.3 Å². The van der Waals surface area contributed by atoms with Crippen molar-refractivity contribution in [1.82, 2.24) is 14.8 Å². The molecule has 0 radical (unpaired) electrons. The maximum Gasteiger partial charge on any atom is 0.219 e. The van der Waals surface area contributed by atoms with E-state index in [2.05, 4.69) is 21.7 Å². The van der Waals surface area contributed by atoms with Gasteiger partial charge in [0.2, 0.25) is 5.91 Å². The molecule has 0 N–H and O–H groups in total. The summed E-state index contributed by atoms with van der Waals surface area (Å²) in [5.74, 6) is 0.244. The van der Waals surface area contributed by atoms with Crippen molar-refractivity contribution in [2.45, 2.75) is 58.2 Å². The zero-order chi connectivity index (χ0) is 14.1. The number of thiazole rings is 1. The molecule has 2 aliphatic rings. The monoisotopic (exact) mass is 293 g/mol. The lowest BCUT2D eigenvalue weighted by Crippen LogP contribution is -2.47. The quantitative estimate of drug-likeness (QED) is 0.859. The Labute approximate surface area is 124 Å². The molecular formula is C15H23N3OS. The summed E-state index contributed by atoms with van der Waals surface area (Å²) in [4.78, 5) is 22.1. The van der Waals surface area contributed by atoms with Gasteiger partial charge in [0.1, 0.15) is 0 Å². The van der Waals surface area contributed by atoms with Gasteiger partial charge in [-0.2, -0.15) is 0 Å². The molecule has 20 heavy (non-hydrogen) atoms. The third-order valence-corrected chi connectivity index (χ3v) is 5.49. The Kier molecular flexibility index (Phi) is 4.08. The summed E-state index contributed by atoms with van der Waals surface area (Å²) < 4.78 is 0. The average molecular weight is 293 g/mol. The highest BCUT2D eigenvalue weighted by molar-refractivity contribution is 7.11. The van der Waals surface area contributed by atoms with E-state index in [-0.39, 0.29) is 5.91 Å². The standard InChI is InChI=1S/C15H23N3OS/c1-11-16-9-13(20-11)10-17-7-3-5-14(17)15-6-4-8-18(15)12(2)19/h9,14-15H,3-8,10H2,1-2H3/t14-,15-/m1/s1. The zero-order valence-corrected chi connectivity index (χ0v) is 13.2. The number of hydrogen-bond donors (Lipinski definition) is 0. The number of aryl methyl sites for hydroxylation is 1. The third-order valence-electron chi connectivity index (χ3n) is 4.59. The normalized spacial score (nSPS) is 27.4. The SMILES string of the molecule is CC(=O)N1CCC[C@@H]1[C@H]1CCCN1Cc1cnc(C)s1. The van der Waals surface area contributed by atoms with Crippen LogP contribution in [-0.4, -0.2) is 45.9 Å². The number of nitrogens with zero attached hydrogens (tertiary/aromatic N) is 3. The lowest BCUT2D eigenvalue weighted by Gasteiger charge is -2.34. The summed E-state index contributed by atoms with van der Waals surface area (Å²) >= 11 is 1.79. The summed E-state index contributed by atoms with van der Waals surface area (Å²) in [6, 6.07) is 0.979. The number of amides is 1. The van der Waals surface area contributed by atoms with Crippen LogP contribution >= 0.6 is 11.3 Å². The smallest absolute Gasteiger partial charge is 0.219 e. The van der Waals surface area contributed by atoms with Crippen molar-refractivity contribution in [1.29, 1.82) is 0 Å². The van der Waals surface area contributed by atoms with E-state index >= 15 is 0 Å². The van der Waals surface area contributed by atoms with Crippen LogP contribution in [0.1, 0.15) is 42.5 Å². The molecule has 0 aliphatic carbocycles. The average Bonchev–Trinajstić information content (AvgIpc) is 3.09. The molecule has 2 saturated heterocycles. The molecule has 0 bridgehead atoms. The lowest BCUT2D eigenvalue weighted by atomic mass is 10.0. The van der Waals surface area contributed by atoms with Crippen LogP contribution in [-0.2, 0) is 11.3 Å². The van der Waals surface area contributed by atoms with Crippen LogP contribution in [0.15, 0.2) is 6.20 Å². The molecule has 2 aliphatic heterocycles. The van der Waals surface area contributed by atoms with Gasteiger partial charge in [-0.3, -0.25) is 9.69 Å². The van der Waals surface area contributed by atoms with Crippen molar-refractivity contribution in [2.24, 2.45) is 0 Å². The molecule has 2 fully saturated rings. The Hall–Kier alpha value is -0.940. The Balaban J connectivity index is 1.70. The molecule has 0 unspecified atom stereocenters. The topological polar surface area (TPSA) is 36.4 Å². The fraction of sp³-hybridized carbons (Fsp3) is 0.733. The van der Waals surface area contributed by atoms with Gasteiger partial charge in [-0.25, -0.2) is 4.98 Å². The maximum atomic E-state index is 11.8. The molecule has 0 spiro atoms. The van der Waals surface area contributed by atoms with Crippen molar-refractivity contribution in [3.8, 4) is 0 Å². The van der Waals surface area contributed by atoms with Crippen molar-refractivity contribution in [3.05, 3.63) is 16.1 Å². The minimum Gasteiger partial charge on any atom is -0.338 e. The maximum absolute atomic E-state index is 11.8. The molecule has 2 atom stereocenters. The molecule has 1 aromatic rings. The van der Waals surface area contributed by atoms with Crippen LogP contribution in [0.5, 0.6) is 0 Å². The van der Waals surface area contributed by atoms with Crippen molar-refractivity contribution in [2.75, 3.05) is 13.1 Å². The molecule has 0 aromatic carbocycles. The number of hydrogen-bond acceptors (Lipinski definition) is 4. The molecule has 4 nitrogen and oxygen atoms in total. The van der Waals surface area contributed by atoms with E-state index in [1.54, 1.807) is 18.3 Å². The summed E-state index contributed by atoms with van der Waals surface area (Å²) in [6.07, 6.45) is 6.82. The predicted molar refractivity (Wildman–Crippen MR) is 80.7 cm³/mol. The Bertz CT molecular complexity index is 487. The van der Waals surface area contributed by atoms with Crippen LogP contribution in [0.2, 0.25) is 0 Å². The van der Waals surface area contributed by atoms with Crippen LogP contribution in [0.3, 0.4) is 0 Å². The first-order chi connectivity index (χ1) is 9.65. The first-order valence-electron chi connectivity index (χ1n) is 7.57. The second-order valence-corrected chi connectivity index (χ2v) is 7.27. The van der Waals surface area contributed by atoms with Gasteiger partial charge in [0, 0.05) is 43.2 Å². The summed E-state index contributed by atoms with van der Waals surface area (Å²) in [5, 5.41) is 1.14. The number of carbonyl (C=O) groups excluding carboxylic acids is 1. The third kappa shape index (κ3) is 2.74. The second-order valence-electron chi connectivity index (χ2n) is 5.95. The molecular weight excluding hydrogens is 270 g/mol. The summed E-state index contributed by atoms with van der Waals surface area (Å²) in [5.41, 5.74) is 0. The van der Waals surface area contributed by atoms with Gasteiger partial charge in [0.25, 0.3) is 0 Å². The van der Waals surface area contributed by atoms with Crippen molar-refractivity contribution in [3.63, 3.8) is 0 Å². The van der Waals surface area contributed by atoms with E-state index < -0.39 is 0 Å². The number of rotatable bonds is 3. The predicted octanol–water partition coefficient (Wildman–Crippen LogP) is 2.43. The van der Waals surface area contributed by atoms with Gasteiger partial charge >= 0.3 is 0 Å². The highest BCUT2D eigenvalue weighted by Gasteiger charge is 2.38. The lowest BCUT2D eigenvalue weighted by molar-refractivity contribution is -0.130. The molecule has 110 valence electrons. The van der Waals surface area contributed by atoms with Crippen LogP contribution in [0.25, 0.3) is 0 Å². The van der Waals surface area contributed by atoms with Gasteiger partial charge < -0.3 is 4.90 Å². The van der Waals surface area contributed by atoms with E-state index in [0.29, 0.717) is 12.1 Å². The van der Waals surface area contributed by atoms with Crippen LogP contribution in [0, 0.1) is 6.92 Å². The number of aromatic nitrogens is 1. The molecule has 3 rings (SSSR count). The fourth-order valence-corrected chi connectivity index (χ4v) is 4.57. The minimum absolute atomic E-state index is 0.244. The van der Waals surface area contributed by atoms with E-state index in [1.165, 1.54) is 24.1 Å². The van der Waals surface area contributed by atoms with E-state index in [0.717, 1.165) is 31.1 Å². The van der Waals surface area contributed by atoms with Gasteiger partial charge in [-0.05, 0) is 39.2 Å².